The molecule has 0 amide bonds. The van der Waals surface area contributed by atoms with Gasteiger partial charge >= 0.3 is 0 Å². The maximum Gasteiger partial charge on any atom is 0.133 e. The lowest BCUT2D eigenvalue weighted by molar-refractivity contribution is 0.304. The Kier molecular flexibility index (Phi) is 4.54. The molecule has 88 valence electrons. The standard InChI is InChI=1S/C13H9Cl2IO/c14-10-6-5-9(11(15)7-10)8-17-13-4-2-1-3-12(13)16/h1-7H,8H2. The second-order valence-corrected chi connectivity index (χ2v) is 5.46. The van der Waals surface area contributed by atoms with Crippen LogP contribution < -0.4 is 4.74 Å². The fraction of sp³-hybridized carbons (Fsp3) is 0.0769. The number of hydrogen-bond donors (Lipinski definition) is 0. The molecular formula is C13H9Cl2IO. The van der Waals surface area contributed by atoms with Crippen molar-refractivity contribution >= 4 is 45.8 Å². The lowest BCUT2D eigenvalue weighted by Crippen LogP contribution is -1.97. The minimum atomic E-state index is 0.440. The smallest absolute Gasteiger partial charge is 0.133 e. The number of rotatable bonds is 3. The van der Waals surface area contributed by atoms with Crippen LogP contribution in [0.25, 0.3) is 0 Å². The van der Waals surface area contributed by atoms with Crippen molar-refractivity contribution in [1.82, 2.24) is 0 Å². The Morgan fingerprint density at radius 1 is 1.06 bits per heavy atom. The van der Waals surface area contributed by atoms with Crippen LogP contribution >= 0.6 is 45.8 Å². The zero-order valence-electron chi connectivity index (χ0n) is 8.79. The highest BCUT2D eigenvalue weighted by Gasteiger charge is 2.04. The summed E-state index contributed by atoms with van der Waals surface area (Å²) >= 11 is 14.1. The lowest BCUT2D eigenvalue weighted by atomic mass is 10.2. The van der Waals surface area contributed by atoms with Gasteiger partial charge in [0.2, 0.25) is 0 Å². The van der Waals surface area contributed by atoms with Crippen LogP contribution in [0.2, 0.25) is 10.0 Å². The maximum atomic E-state index is 6.07. The number of hydrogen-bond acceptors (Lipinski definition) is 1. The van der Waals surface area contributed by atoms with Crippen LogP contribution in [0.1, 0.15) is 5.56 Å². The lowest BCUT2D eigenvalue weighted by Gasteiger charge is -2.09. The number of halogens is 3. The van der Waals surface area contributed by atoms with Crippen LogP contribution in [0.4, 0.5) is 0 Å². The Hall–Kier alpha value is -0.450. The predicted molar refractivity (Wildman–Crippen MR) is 80.0 cm³/mol. The van der Waals surface area contributed by atoms with Crippen molar-refractivity contribution in [2.45, 2.75) is 6.61 Å². The first-order valence-corrected chi connectivity index (χ1v) is 6.81. The fourth-order valence-electron chi connectivity index (χ4n) is 1.36. The predicted octanol–water partition coefficient (Wildman–Crippen LogP) is 5.18. The summed E-state index contributed by atoms with van der Waals surface area (Å²) in [6, 6.07) is 13.3. The zero-order valence-corrected chi connectivity index (χ0v) is 12.5. The van der Waals surface area contributed by atoms with E-state index in [9.17, 15) is 0 Å². The van der Waals surface area contributed by atoms with E-state index in [1.54, 1.807) is 6.07 Å². The van der Waals surface area contributed by atoms with Gasteiger partial charge in [0, 0.05) is 15.6 Å². The van der Waals surface area contributed by atoms with E-state index in [2.05, 4.69) is 22.6 Å². The molecule has 0 aromatic heterocycles. The largest absolute Gasteiger partial charge is 0.488 e. The average molecular weight is 379 g/mol. The van der Waals surface area contributed by atoms with Gasteiger partial charge in [-0.15, -0.1) is 0 Å². The van der Waals surface area contributed by atoms with Crippen molar-refractivity contribution in [2.24, 2.45) is 0 Å². The molecule has 0 atom stereocenters. The summed E-state index contributed by atoms with van der Waals surface area (Å²) in [6.07, 6.45) is 0. The second kappa shape index (κ2) is 5.94. The van der Waals surface area contributed by atoms with Gasteiger partial charge in [-0.25, -0.2) is 0 Å². The van der Waals surface area contributed by atoms with Crippen molar-refractivity contribution in [2.75, 3.05) is 0 Å². The third kappa shape index (κ3) is 3.50. The van der Waals surface area contributed by atoms with Crippen LogP contribution in [0.3, 0.4) is 0 Å². The highest BCUT2D eigenvalue weighted by Crippen LogP contribution is 2.24. The normalized spacial score (nSPS) is 10.3. The first kappa shape index (κ1) is 13.0. The molecule has 0 bridgehead atoms. The molecule has 0 N–H and O–H groups in total. The van der Waals surface area contributed by atoms with Gasteiger partial charge in [-0.2, -0.15) is 0 Å². The molecule has 0 saturated heterocycles. The van der Waals surface area contributed by atoms with E-state index in [1.165, 1.54) is 0 Å². The molecule has 0 aliphatic carbocycles. The van der Waals surface area contributed by atoms with E-state index < -0.39 is 0 Å². The molecule has 2 aromatic rings. The molecule has 0 aliphatic rings. The number of para-hydroxylation sites is 1. The monoisotopic (exact) mass is 378 g/mol. The van der Waals surface area contributed by atoms with Gasteiger partial charge < -0.3 is 4.74 Å². The van der Waals surface area contributed by atoms with Crippen molar-refractivity contribution in [3.63, 3.8) is 0 Å². The minimum Gasteiger partial charge on any atom is -0.488 e. The maximum absolute atomic E-state index is 6.07. The van der Waals surface area contributed by atoms with Gasteiger partial charge in [0.25, 0.3) is 0 Å². The topological polar surface area (TPSA) is 9.23 Å². The summed E-state index contributed by atoms with van der Waals surface area (Å²) < 4.78 is 6.79. The Bertz CT molecular complexity index is 529. The Labute approximate surface area is 124 Å². The molecule has 0 unspecified atom stereocenters. The zero-order chi connectivity index (χ0) is 12.3. The molecule has 1 nitrogen and oxygen atoms in total. The van der Waals surface area contributed by atoms with E-state index in [0.29, 0.717) is 16.7 Å². The molecule has 0 spiro atoms. The van der Waals surface area contributed by atoms with E-state index in [0.717, 1.165) is 14.9 Å². The summed E-state index contributed by atoms with van der Waals surface area (Å²) in [5.74, 6) is 0.860. The third-order valence-corrected chi connectivity index (χ3v) is 3.71. The molecule has 0 heterocycles. The van der Waals surface area contributed by atoms with E-state index in [-0.39, 0.29) is 0 Å². The van der Waals surface area contributed by atoms with E-state index >= 15 is 0 Å². The van der Waals surface area contributed by atoms with Crippen LogP contribution in [0.5, 0.6) is 5.75 Å². The minimum absolute atomic E-state index is 0.440. The summed E-state index contributed by atoms with van der Waals surface area (Å²) in [6.45, 7) is 0.440. The van der Waals surface area contributed by atoms with Gasteiger partial charge in [-0.05, 0) is 46.9 Å². The Morgan fingerprint density at radius 2 is 1.82 bits per heavy atom. The van der Waals surface area contributed by atoms with E-state index in [1.807, 2.05) is 36.4 Å². The van der Waals surface area contributed by atoms with Crippen LogP contribution in [-0.2, 0) is 6.61 Å². The van der Waals surface area contributed by atoms with Crippen LogP contribution in [0.15, 0.2) is 42.5 Å². The Balaban J connectivity index is 2.10. The molecule has 0 aliphatic heterocycles. The van der Waals surface area contributed by atoms with Gasteiger partial charge in [0.15, 0.2) is 0 Å². The first-order valence-electron chi connectivity index (χ1n) is 4.98. The molecule has 4 heteroatoms. The molecular weight excluding hydrogens is 370 g/mol. The molecule has 0 fully saturated rings. The van der Waals surface area contributed by atoms with Gasteiger partial charge in [0.05, 0.1) is 3.57 Å². The summed E-state index contributed by atoms with van der Waals surface area (Å²) in [4.78, 5) is 0. The summed E-state index contributed by atoms with van der Waals surface area (Å²) in [7, 11) is 0. The molecule has 0 saturated carbocycles. The van der Waals surface area contributed by atoms with Crippen molar-refractivity contribution in [1.29, 1.82) is 0 Å². The Morgan fingerprint density at radius 3 is 2.53 bits per heavy atom. The van der Waals surface area contributed by atoms with Crippen LogP contribution in [0, 0.1) is 3.57 Å². The van der Waals surface area contributed by atoms with Gasteiger partial charge in [-0.3, -0.25) is 0 Å². The molecule has 2 aromatic carbocycles. The fourth-order valence-corrected chi connectivity index (χ4v) is 2.36. The number of benzene rings is 2. The highest BCUT2D eigenvalue weighted by atomic mass is 127. The molecule has 2 rings (SSSR count). The van der Waals surface area contributed by atoms with E-state index in [4.69, 9.17) is 27.9 Å². The average Bonchev–Trinajstić information content (AvgIpc) is 2.30. The SMILES string of the molecule is Clc1ccc(COc2ccccc2I)c(Cl)c1. The quantitative estimate of drug-likeness (QED) is 0.669. The summed E-state index contributed by atoms with van der Waals surface area (Å²) in [5.41, 5.74) is 0.927. The highest BCUT2D eigenvalue weighted by molar-refractivity contribution is 14.1. The van der Waals surface area contributed by atoms with Crippen molar-refractivity contribution < 1.29 is 4.74 Å². The third-order valence-electron chi connectivity index (χ3n) is 2.23. The van der Waals surface area contributed by atoms with Crippen LogP contribution in [-0.4, -0.2) is 0 Å². The molecule has 0 radical (unpaired) electrons. The van der Waals surface area contributed by atoms with Crippen molar-refractivity contribution in [3.8, 4) is 5.75 Å². The first-order chi connectivity index (χ1) is 8.16. The van der Waals surface area contributed by atoms with Gasteiger partial charge in [-0.1, -0.05) is 41.4 Å². The molecule has 17 heavy (non-hydrogen) atoms. The summed E-state index contributed by atoms with van der Waals surface area (Å²) in [5, 5.41) is 1.26. The second-order valence-electron chi connectivity index (χ2n) is 3.45. The van der Waals surface area contributed by atoms with Gasteiger partial charge in [0.1, 0.15) is 12.4 Å². The number of ether oxygens (including phenoxy) is 1. The van der Waals surface area contributed by atoms with Crippen molar-refractivity contribution in [3.05, 3.63) is 61.6 Å².